The van der Waals surface area contributed by atoms with Gasteiger partial charge in [-0.2, -0.15) is 0 Å². The number of halogens is 2. The maximum Gasteiger partial charge on any atom is 0.244 e. The van der Waals surface area contributed by atoms with Gasteiger partial charge in [-0.1, -0.05) is 11.2 Å². The Kier molecular flexibility index (Phi) is 6.23. The third-order valence-corrected chi connectivity index (χ3v) is 4.03. The van der Waals surface area contributed by atoms with Crippen LogP contribution in [0.1, 0.15) is 11.3 Å². The molecule has 0 aliphatic heterocycles. The van der Waals surface area contributed by atoms with E-state index in [0.717, 1.165) is 17.7 Å². The summed E-state index contributed by atoms with van der Waals surface area (Å²) in [7, 11) is 3.07. The van der Waals surface area contributed by atoms with Crippen molar-refractivity contribution in [2.75, 3.05) is 14.2 Å². The lowest BCUT2D eigenvalue weighted by atomic mass is 10.1. The molecule has 1 heterocycles. The van der Waals surface area contributed by atoms with Gasteiger partial charge in [0.25, 0.3) is 0 Å². The molecule has 2 aromatic carbocycles. The van der Waals surface area contributed by atoms with Gasteiger partial charge in [-0.15, -0.1) is 0 Å². The first-order chi connectivity index (χ1) is 14.0. The molecule has 150 valence electrons. The summed E-state index contributed by atoms with van der Waals surface area (Å²) in [6.07, 6.45) is 2.99. The normalized spacial score (nSPS) is 10.9. The summed E-state index contributed by atoms with van der Waals surface area (Å²) in [5.41, 5.74) is 1.25. The maximum atomic E-state index is 13.8. The highest BCUT2D eigenvalue weighted by Crippen LogP contribution is 2.28. The molecule has 1 amide bonds. The van der Waals surface area contributed by atoms with E-state index in [0.29, 0.717) is 17.2 Å². The van der Waals surface area contributed by atoms with Crippen LogP contribution in [0, 0.1) is 11.6 Å². The van der Waals surface area contributed by atoms with Gasteiger partial charge in [-0.3, -0.25) is 4.79 Å². The summed E-state index contributed by atoms with van der Waals surface area (Å²) in [4.78, 5) is 12.0. The van der Waals surface area contributed by atoms with Crippen LogP contribution in [0.25, 0.3) is 17.4 Å². The minimum Gasteiger partial charge on any atom is -0.493 e. The lowest BCUT2D eigenvalue weighted by Gasteiger charge is -2.07. The topological polar surface area (TPSA) is 73.6 Å². The summed E-state index contributed by atoms with van der Waals surface area (Å²) >= 11 is 0. The predicted molar refractivity (Wildman–Crippen MR) is 102 cm³/mol. The van der Waals surface area contributed by atoms with E-state index in [2.05, 4.69) is 10.5 Å². The number of ether oxygens (including phenoxy) is 2. The van der Waals surface area contributed by atoms with E-state index >= 15 is 0 Å². The van der Waals surface area contributed by atoms with Gasteiger partial charge in [-0.25, -0.2) is 8.78 Å². The van der Waals surface area contributed by atoms with Crippen LogP contribution < -0.4 is 14.8 Å². The second-order valence-corrected chi connectivity index (χ2v) is 5.97. The van der Waals surface area contributed by atoms with Crippen molar-refractivity contribution >= 4 is 12.0 Å². The van der Waals surface area contributed by atoms with Crippen molar-refractivity contribution in [2.24, 2.45) is 0 Å². The lowest BCUT2D eigenvalue weighted by molar-refractivity contribution is -0.116. The third-order valence-electron chi connectivity index (χ3n) is 4.03. The number of methoxy groups -OCH3 is 2. The first-order valence-corrected chi connectivity index (χ1v) is 8.59. The fourth-order valence-corrected chi connectivity index (χ4v) is 2.58. The molecule has 0 bridgehead atoms. The summed E-state index contributed by atoms with van der Waals surface area (Å²) in [6.45, 7) is 0.0847. The Labute approximate surface area is 165 Å². The van der Waals surface area contributed by atoms with E-state index in [4.69, 9.17) is 14.0 Å². The lowest BCUT2D eigenvalue weighted by Crippen LogP contribution is -2.20. The zero-order valence-corrected chi connectivity index (χ0v) is 15.7. The number of hydrogen-bond acceptors (Lipinski definition) is 5. The summed E-state index contributed by atoms with van der Waals surface area (Å²) in [5, 5.41) is 6.43. The molecule has 0 aliphatic rings. The molecule has 0 aliphatic carbocycles. The molecule has 0 fully saturated rings. The van der Waals surface area contributed by atoms with Crippen molar-refractivity contribution in [3.8, 4) is 22.8 Å². The molecular formula is C21H18F2N2O4. The maximum absolute atomic E-state index is 13.8. The van der Waals surface area contributed by atoms with Crippen LogP contribution in [-0.2, 0) is 11.3 Å². The number of rotatable bonds is 7. The molecule has 1 N–H and O–H groups in total. The molecule has 0 saturated heterocycles. The zero-order valence-electron chi connectivity index (χ0n) is 15.7. The molecule has 8 heteroatoms. The highest BCUT2D eigenvalue weighted by atomic mass is 19.1. The number of carbonyl (C=O) groups is 1. The van der Waals surface area contributed by atoms with Crippen LogP contribution in [0.4, 0.5) is 8.78 Å². The predicted octanol–water partition coefficient (Wildman–Crippen LogP) is 3.97. The minimum atomic E-state index is -0.755. The van der Waals surface area contributed by atoms with Crippen LogP contribution in [0.5, 0.6) is 11.5 Å². The number of nitrogens with one attached hydrogen (secondary N) is 1. The Bertz CT molecular complexity index is 1050. The highest BCUT2D eigenvalue weighted by molar-refractivity contribution is 5.91. The van der Waals surface area contributed by atoms with Crippen molar-refractivity contribution in [1.29, 1.82) is 0 Å². The molecule has 3 aromatic rings. The molecular weight excluding hydrogens is 382 g/mol. The molecule has 0 radical (unpaired) electrons. The van der Waals surface area contributed by atoms with E-state index in [1.54, 1.807) is 31.4 Å². The number of carbonyl (C=O) groups excluding carboxylic acids is 1. The van der Waals surface area contributed by atoms with Gasteiger partial charge in [0.2, 0.25) is 5.91 Å². The smallest absolute Gasteiger partial charge is 0.244 e. The van der Waals surface area contributed by atoms with Crippen LogP contribution in [-0.4, -0.2) is 25.3 Å². The van der Waals surface area contributed by atoms with Gasteiger partial charge in [0, 0.05) is 18.2 Å². The van der Waals surface area contributed by atoms with E-state index in [-0.39, 0.29) is 23.8 Å². The Morgan fingerprint density at radius 3 is 2.62 bits per heavy atom. The molecule has 1 aromatic heterocycles. The zero-order chi connectivity index (χ0) is 20.8. The molecule has 0 atom stereocenters. The Hall–Kier alpha value is -3.68. The van der Waals surface area contributed by atoms with Gasteiger partial charge < -0.3 is 19.3 Å². The van der Waals surface area contributed by atoms with Gasteiger partial charge in [-0.05, 0) is 35.9 Å². The van der Waals surface area contributed by atoms with Crippen LogP contribution in [0.3, 0.4) is 0 Å². The molecule has 3 rings (SSSR count). The highest BCUT2D eigenvalue weighted by Gasteiger charge is 2.12. The quantitative estimate of drug-likeness (QED) is 0.608. The monoisotopic (exact) mass is 400 g/mol. The Morgan fingerprint density at radius 1 is 1.10 bits per heavy atom. The number of nitrogens with zero attached hydrogens (tertiary/aromatic N) is 1. The molecule has 0 spiro atoms. The van der Waals surface area contributed by atoms with Crippen molar-refractivity contribution in [3.05, 3.63) is 71.4 Å². The molecule has 0 saturated carbocycles. The first-order valence-electron chi connectivity index (χ1n) is 8.59. The summed E-state index contributed by atoms with van der Waals surface area (Å²) in [6, 6.07) is 9.89. The van der Waals surface area contributed by atoms with E-state index in [1.165, 1.54) is 25.3 Å². The van der Waals surface area contributed by atoms with E-state index in [1.807, 2.05) is 0 Å². The second kappa shape index (κ2) is 9.01. The number of aromatic nitrogens is 1. The SMILES string of the molecule is COc1ccc(C=CC(=O)NCc2cc(-c3ccc(F)cc3F)on2)cc1OC. The van der Waals surface area contributed by atoms with Crippen molar-refractivity contribution in [3.63, 3.8) is 0 Å². The van der Waals surface area contributed by atoms with Crippen LogP contribution in [0.15, 0.2) is 53.1 Å². The summed E-state index contributed by atoms with van der Waals surface area (Å²) in [5.74, 6) is -0.495. The van der Waals surface area contributed by atoms with Crippen molar-refractivity contribution in [2.45, 2.75) is 6.54 Å². The number of benzene rings is 2. The third kappa shape index (κ3) is 4.98. The minimum absolute atomic E-state index is 0.0847. The van der Waals surface area contributed by atoms with Crippen LogP contribution in [0.2, 0.25) is 0 Å². The van der Waals surface area contributed by atoms with E-state index in [9.17, 15) is 13.6 Å². The molecule has 6 nitrogen and oxygen atoms in total. The van der Waals surface area contributed by atoms with Crippen molar-refractivity contribution < 1.29 is 27.6 Å². The fraction of sp³-hybridized carbons (Fsp3) is 0.143. The fourth-order valence-electron chi connectivity index (χ4n) is 2.58. The average Bonchev–Trinajstić information content (AvgIpc) is 3.19. The largest absolute Gasteiger partial charge is 0.493 e. The van der Waals surface area contributed by atoms with Gasteiger partial charge >= 0.3 is 0 Å². The van der Waals surface area contributed by atoms with Crippen molar-refractivity contribution in [1.82, 2.24) is 10.5 Å². The molecule has 0 unspecified atom stereocenters. The van der Waals surface area contributed by atoms with Gasteiger partial charge in [0.05, 0.1) is 26.3 Å². The van der Waals surface area contributed by atoms with Crippen LogP contribution >= 0.6 is 0 Å². The van der Waals surface area contributed by atoms with Gasteiger partial charge in [0.1, 0.15) is 17.3 Å². The second-order valence-electron chi connectivity index (χ2n) is 5.97. The van der Waals surface area contributed by atoms with Gasteiger partial charge in [0.15, 0.2) is 17.3 Å². The number of hydrogen-bond donors (Lipinski definition) is 1. The van der Waals surface area contributed by atoms with E-state index < -0.39 is 11.6 Å². The molecule has 29 heavy (non-hydrogen) atoms. The number of amides is 1. The average molecular weight is 400 g/mol. The standard InChI is InChI=1S/C21H18F2N2O4/c1-27-18-7-3-13(9-20(18)28-2)4-8-21(26)24-12-15-11-19(29-25-15)16-6-5-14(22)10-17(16)23/h3-11H,12H2,1-2H3,(H,24,26). The Balaban J connectivity index is 1.60. The first kappa shape index (κ1) is 20.1. The summed E-state index contributed by atoms with van der Waals surface area (Å²) < 4.78 is 42.3. The Morgan fingerprint density at radius 2 is 1.90 bits per heavy atom.